The Kier molecular flexibility index (Phi) is 7.80. The first-order chi connectivity index (χ1) is 17.8. The molecule has 4 N–H and O–H groups in total. The summed E-state index contributed by atoms with van der Waals surface area (Å²) in [7, 11) is 0. The summed E-state index contributed by atoms with van der Waals surface area (Å²) in [6.45, 7) is 5.34. The molecule has 1 aromatic heterocycles. The third-order valence-electron chi connectivity index (χ3n) is 6.20. The zero-order valence-electron chi connectivity index (χ0n) is 21.2. The Morgan fingerprint density at radius 2 is 1.89 bits per heavy atom. The standard InChI is InChI=1S/C27H29F3N4O3S/c1-26(2,3)24(36)37-14-19(15-4-7-18(8-5-15)27(28,29)30)20(31)12-32-25-33-13-22(38-25)16-6-9-21-17(10-16)11-23(35)34-21/h4-10,13,19-20H,11-12,14,31H2,1-3H3,(H,32,33)(H,34,35). The highest BCUT2D eigenvalue weighted by molar-refractivity contribution is 7.18. The molecule has 0 radical (unpaired) electrons. The smallest absolute Gasteiger partial charge is 0.416 e. The number of rotatable bonds is 8. The van der Waals surface area contributed by atoms with E-state index in [-0.39, 0.29) is 19.1 Å². The molecule has 3 aromatic rings. The Morgan fingerprint density at radius 1 is 1.18 bits per heavy atom. The molecule has 2 atom stereocenters. The lowest BCUT2D eigenvalue weighted by molar-refractivity contribution is -0.153. The van der Waals surface area contributed by atoms with E-state index in [0.717, 1.165) is 33.8 Å². The van der Waals surface area contributed by atoms with Crippen molar-refractivity contribution in [3.05, 3.63) is 65.4 Å². The molecule has 1 aliphatic rings. The first-order valence-electron chi connectivity index (χ1n) is 12.0. The molecule has 0 saturated carbocycles. The monoisotopic (exact) mass is 546 g/mol. The number of halogens is 3. The Labute approximate surface area is 222 Å². The van der Waals surface area contributed by atoms with Gasteiger partial charge in [-0.05, 0) is 61.7 Å². The SMILES string of the molecule is CC(C)(C)C(=O)OCC(c1ccc(C(F)(F)F)cc1)C(N)CNc1ncc(-c2ccc3c(c2)CC(=O)N3)s1. The second-order valence-electron chi connectivity index (χ2n) is 10.2. The molecule has 38 heavy (non-hydrogen) atoms. The van der Waals surface area contributed by atoms with Gasteiger partial charge in [-0.15, -0.1) is 0 Å². The average Bonchev–Trinajstić information content (AvgIpc) is 3.47. The molecule has 0 spiro atoms. The molecule has 2 aromatic carbocycles. The molecule has 202 valence electrons. The molecular weight excluding hydrogens is 517 g/mol. The predicted octanol–water partition coefficient (Wildman–Crippen LogP) is 5.44. The van der Waals surface area contributed by atoms with Crippen LogP contribution in [0.5, 0.6) is 0 Å². The Morgan fingerprint density at radius 3 is 2.55 bits per heavy atom. The maximum Gasteiger partial charge on any atom is 0.416 e. The lowest BCUT2D eigenvalue weighted by Crippen LogP contribution is -2.39. The summed E-state index contributed by atoms with van der Waals surface area (Å²) < 4.78 is 44.6. The molecule has 0 bridgehead atoms. The number of carbonyl (C=O) groups excluding carboxylic acids is 2. The van der Waals surface area contributed by atoms with Gasteiger partial charge in [-0.3, -0.25) is 9.59 Å². The highest BCUT2D eigenvalue weighted by Gasteiger charge is 2.31. The number of carbonyl (C=O) groups is 2. The maximum absolute atomic E-state index is 13.1. The van der Waals surface area contributed by atoms with Crippen molar-refractivity contribution >= 4 is 34.0 Å². The number of thiazole rings is 1. The summed E-state index contributed by atoms with van der Waals surface area (Å²) in [5, 5.41) is 6.62. The summed E-state index contributed by atoms with van der Waals surface area (Å²) in [5.74, 6) is -1.00. The highest BCUT2D eigenvalue weighted by Crippen LogP contribution is 2.34. The van der Waals surface area contributed by atoms with Crippen LogP contribution in [0.2, 0.25) is 0 Å². The van der Waals surface area contributed by atoms with Crippen LogP contribution < -0.4 is 16.4 Å². The third kappa shape index (κ3) is 6.51. The molecule has 0 saturated heterocycles. The van der Waals surface area contributed by atoms with Crippen molar-refractivity contribution in [3.8, 4) is 10.4 Å². The molecule has 2 unspecified atom stereocenters. The van der Waals surface area contributed by atoms with Gasteiger partial charge < -0.3 is 21.1 Å². The Hall–Kier alpha value is -3.44. The number of hydrogen-bond acceptors (Lipinski definition) is 7. The van der Waals surface area contributed by atoms with Crippen LogP contribution in [0.1, 0.15) is 43.4 Å². The van der Waals surface area contributed by atoms with Crippen LogP contribution in [0, 0.1) is 5.41 Å². The van der Waals surface area contributed by atoms with Gasteiger partial charge >= 0.3 is 12.1 Å². The summed E-state index contributed by atoms with van der Waals surface area (Å²) in [6, 6.07) is 9.88. The van der Waals surface area contributed by atoms with Gasteiger partial charge in [0.2, 0.25) is 5.91 Å². The number of ether oxygens (including phenoxy) is 1. The van der Waals surface area contributed by atoms with Crippen LogP contribution >= 0.6 is 11.3 Å². The molecule has 1 amide bonds. The van der Waals surface area contributed by atoms with Gasteiger partial charge in [0.25, 0.3) is 0 Å². The van der Waals surface area contributed by atoms with Gasteiger partial charge in [0, 0.05) is 30.4 Å². The normalized spacial score (nSPS) is 15.0. The van der Waals surface area contributed by atoms with E-state index in [0.29, 0.717) is 17.1 Å². The molecule has 1 aliphatic heterocycles. The number of anilines is 2. The van der Waals surface area contributed by atoms with Gasteiger partial charge in [0.15, 0.2) is 5.13 Å². The van der Waals surface area contributed by atoms with Crippen LogP contribution in [0.3, 0.4) is 0 Å². The molecule has 0 aliphatic carbocycles. The van der Waals surface area contributed by atoms with E-state index in [9.17, 15) is 22.8 Å². The number of aromatic nitrogens is 1. The van der Waals surface area contributed by atoms with E-state index in [1.54, 1.807) is 27.0 Å². The van der Waals surface area contributed by atoms with Crippen molar-refractivity contribution < 1.29 is 27.5 Å². The van der Waals surface area contributed by atoms with E-state index in [2.05, 4.69) is 15.6 Å². The molecular formula is C27H29F3N4O3S. The summed E-state index contributed by atoms with van der Waals surface area (Å²) in [4.78, 5) is 29.3. The van der Waals surface area contributed by atoms with Gasteiger partial charge in [-0.25, -0.2) is 4.98 Å². The number of amides is 1. The van der Waals surface area contributed by atoms with Gasteiger partial charge in [-0.2, -0.15) is 13.2 Å². The lowest BCUT2D eigenvalue weighted by Gasteiger charge is -2.26. The van der Waals surface area contributed by atoms with Crippen molar-refractivity contribution in [1.82, 2.24) is 4.98 Å². The van der Waals surface area contributed by atoms with Crippen molar-refractivity contribution in [2.75, 3.05) is 23.8 Å². The second kappa shape index (κ2) is 10.7. The van der Waals surface area contributed by atoms with E-state index < -0.39 is 35.1 Å². The third-order valence-corrected chi connectivity index (χ3v) is 7.20. The number of fused-ring (bicyclic) bond motifs is 1. The fourth-order valence-corrected chi connectivity index (χ4v) is 4.81. The number of nitrogens with two attached hydrogens (primary N) is 1. The summed E-state index contributed by atoms with van der Waals surface area (Å²) >= 11 is 1.41. The van der Waals surface area contributed by atoms with Gasteiger partial charge in [-0.1, -0.05) is 29.5 Å². The van der Waals surface area contributed by atoms with Crippen LogP contribution in [-0.2, 0) is 26.9 Å². The molecule has 11 heteroatoms. The van der Waals surface area contributed by atoms with Crippen molar-refractivity contribution in [2.45, 2.75) is 45.3 Å². The van der Waals surface area contributed by atoms with Crippen LogP contribution in [-0.4, -0.2) is 36.1 Å². The molecule has 4 rings (SSSR count). The van der Waals surface area contributed by atoms with Crippen molar-refractivity contribution in [1.29, 1.82) is 0 Å². The minimum Gasteiger partial charge on any atom is -0.465 e. The molecule has 7 nitrogen and oxygen atoms in total. The van der Waals surface area contributed by atoms with Gasteiger partial charge in [0.1, 0.15) is 0 Å². The van der Waals surface area contributed by atoms with E-state index in [4.69, 9.17) is 10.5 Å². The number of nitrogens with zero attached hydrogens (tertiary/aromatic N) is 1. The van der Waals surface area contributed by atoms with E-state index >= 15 is 0 Å². The Balaban J connectivity index is 1.46. The fraction of sp³-hybridized carbons (Fsp3) is 0.370. The number of esters is 1. The molecule has 2 heterocycles. The van der Waals surface area contributed by atoms with Crippen LogP contribution in [0.4, 0.5) is 24.0 Å². The zero-order valence-corrected chi connectivity index (χ0v) is 22.0. The maximum atomic E-state index is 13.1. The number of nitrogens with one attached hydrogen (secondary N) is 2. The summed E-state index contributed by atoms with van der Waals surface area (Å²) in [6.07, 6.45) is -2.39. The largest absolute Gasteiger partial charge is 0.465 e. The van der Waals surface area contributed by atoms with Crippen LogP contribution in [0.25, 0.3) is 10.4 Å². The highest BCUT2D eigenvalue weighted by atomic mass is 32.1. The van der Waals surface area contributed by atoms with E-state index in [1.165, 1.54) is 23.5 Å². The predicted molar refractivity (Wildman–Crippen MR) is 141 cm³/mol. The Bertz CT molecular complexity index is 1320. The van der Waals surface area contributed by atoms with Crippen molar-refractivity contribution in [3.63, 3.8) is 0 Å². The van der Waals surface area contributed by atoms with Crippen molar-refractivity contribution in [2.24, 2.45) is 11.1 Å². The van der Waals surface area contributed by atoms with E-state index in [1.807, 2.05) is 18.2 Å². The fourth-order valence-electron chi connectivity index (χ4n) is 3.99. The zero-order chi connectivity index (χ0) is 27.7. The first kappa shape index (κ1) is 27.6. The number of benzene rings is 2. The lowest BCUT2D eigenvalue weighted by atomic mass is 9.91. The minimum atomic E-state index is -4.45. The minimum absolute atomic E-state index is 0.0337. The number of hydrogen-bond donors (Lipinski definition) is 3. The molecule has 0 fully saturated rings. The first-order valence-corrected chi connectivity index (χ1v) is 12.9. The summed E-state index contributed by atoms with van der Waals surface area (Å²) in [5.41, 5.74) is 8.20. The number of alkyl halides is 3. The quantitative estimate of drug-likeness (QED) is 0.325. The van der Waals surface area contributed by atoms with Crippen LogP contribution in [0.15, 0.2) is 48.7 Å². The second-order valence-corrected chi connectivity index (χ2v) is 11.3. The topological polar surface area (TPSA) is 106 Å². The average molecular weight is 547 g/mol. The van der Waals surface area contributed by atoms with Gasteiger partial charge in [0.05, 0.1) is 28.9 Å².